The summed E-state index contributed by atoms with van der Waals surface area (Å²) in [5.41, 5.74) is -2.19. The first-order valence-corrected chi connectivity index (χ1v) is 12.9. The van der Waals surface area contributed by atoms with Crippen LogP contribution in [0, 0.1) is 5.82 Å². The van der Waals surface area contributed by atoms with Gasteiger partial charge in [0.1, 0.15) is 17.4 Å². The monoisotopic (exact) mass is 603 g/mol. The molecule has 0 radical (unpaired) electrons. The fourth-order valence-corrected chi connectivity index (χ4v) is 5.16. The molecule has 0 saturated carbocycles. The van der Waals surface area contributed by atoms with Crippen LogP contribution in [-0.2, 0) is 4.79 Å². The summed E-state index contributed by atoms with van der Waals surface area (Å²) < 4.78 is 59.7. The summed E-state index contributed by atoms with van der Waals surface area (Å²) in [5.74, 6) is -2.24. The van der Waals surface area contributed by atoms with Gasteiger partial charge in [-0.05, 0) is 43.3 Å². The number of benzene rings is 2. The van der Waals surface area contributed by atoms with Gasteiger partial charge in [0.15, 0.2) is 11.4 Å². The Morgan fingerprint density at radius 3 is 2.57 bits per heavy atom. The second-order valence-corrected chi connectivity index (χ2v) is 9.83. The molecule has 1 aliphatic heterocycles. The smallest absolute Gasteiger partial charge is 0.507 e. The molecule has 0 unspecified atom stereocenters. The SMILES string of the molecule is C=CC(=O)N1CCN(c2nc(=O)n(-c3ccccc3OC(F)(F)F)c3nc(-c4c(O)cccc4F)c(Cl)cc23)[C@@H](C)C1. The molecule has 3 heterocycles. The van der Waals surface area contributed by atoms with Gasteiger partial charge in [0.25, 0.3) is 0 Å². The number of aromatic hydroxyl groups is 1. The summed E-state index contributed by atoms with van der Waals surface area (Å²) in [5, 5.41) is 10.5. The first kappa shape index (κ1) is 28.9. The minimum Gasteiger partial charge on any atom is -0.507 e. The van der Waals surface area contributed by atoms with E-state index in [0.29, 0.717) is 0 Å². The van der Waals surface area contributed by atoms with E-state index in [1.165, 1.54) is 42.5 Å². The van der Waals surface area contributed by atoms with Crippen molar-refractivity contribution in [1.29, 1.82) is 0 Å². The van der Waals surface area contributed by atoms with Crippen molar-refractivity contribution in [2.45, 2.75) is 19.3 Å². The second kappa shape index (κ2) is 11.0. The van der Waals surface area contributed by atoms with E-state index in [4.69, 9.17) is 11.6 Å². The minimum absolute atomic E-state index is 0.109. The van der Waals surface area contributed by atoms with Crippen LogP contribution in [0.4, 0.5) is 23.4 Å². The van der Waals surface area contributed by atoms with Gasteiger partial charge in [-0.3, -0.25) is 4.79 Å². The zero-order valence-electron chi connectivity index (χ0n) is 21.9. The third kappa shape index (κ3) is 5.34. The lowest BCUT2D eigenvalue weighted by Gasteiger charge is -2.40. The number of phenols is 1. The number of pyridine rings is 1. The number of fused-ring (bicyclic) bond motifs is 1. The zero-order chi connectivity index (χ0) is 30.3. The van der Waals surface area contributed by atoms with Crippen LogP contribution in [0.15, 0.2) is 66.0 Å². The number of nitrogens with zero attached hydrogens (tertiary/aromatic N) is 5. The highest BCUT2D eigenvalue weighted by Crippen LogP contribution is 2.39. The van der Waals surface area contributed by atoms with Crippen molar-refractivity contribution in [3.8, 4) is 28.4 Å². The summed E-state index contributed by atoms with van der Waals surface area (Å²) >= 11 is 6.56. The largest absolute Gasteiger partial charge is 0.573 e. The molecule has 42 heavy (non-hydrogen) atoms. The number of phenolic OH excluding ortho intramolecular Hbond substituents is 1. The van der Waals surface area contributed by atoms with Gasteiger partial charge < -0.3 is 19.6 Å². The molecule has 2 aromatic carbocycles. The number of amides is 1. The van der Waals surface area contributed by atoms with Crippen LogP contribution in [0.2, 0.25) is 5.02 Å². The molecule has 5 rings (SSSR count). The summed E-state index contributed by atoms with van der Waals surface area (Å²) in [6.07, 6.45) is -3.89. The molecule has 1 amide bonds. The van der Waals surface area contributed by atoms with Gasteiger partial charge in [0, 0.05) is 25.7 Å². The van der Waals surface area contributed by atoms with E-state index < -0.39 is 29.4 Å². The molecule has 0 aliphatic carbocycles. The number of hydrogen-bond donors (Lipinski definition) is 1. The lowest BCUT2D eigenvalue weighted by atomic mass is 10.1. The molecule has 0 bridgehead atoms. The van der Waals surface area contributed by atoms with Gasteiger partial charge in [-0.1, -0.05) is 36.4 Å². The van der Waals surface area contributed by atoms with Crippen LogP contribution in [0.25, 0.3) is 28.0 Å². The molecular formula is C28H22ClF4N5O4. The molecule has 1 aliphatic rings. The van der Waals surface area contributed by atoms with E-state index >= 15 is 0 Å². The first-order chi connectivity index (χ1) is 19.9. The Morgan fingerprint density at radius 2 is 1.90 bits per heavy atom. The molecular weight excluding hydrogens is 582 g/mol. The summed E-state index contributed by atoms with van der Waals surface area (Å²) in [6.45, 7) is 6.08. The van der Waals surface area contributed by atoms with E-state index in [1.807, 2.05) is 0 Å². The van der Waals surface area contributed by atoms with Crippen LogP contribution in [0.3, 0.4) is 0 Å². The number of para-hydroxylation sites is 2. The van der Waals surface area contributed by atoms with Crippen LogP contribution >= 0.6 is 11.6 Å². The molecule has 1 saturated heterocycles. The number of halogens is 5. The molecule has 14 heteroatoms. The highest BCUT2D eigenvalue weighted by atomic mass is 35.5. The Bertz CT molecular complexity index is 1760. The maximum Gasteiger partial charge on any atom is 0.573 e. The summed E-state index contributed by atoms with van der Waals surface area (Å²) in [6, 6.07) is 9.46. The van der Waals surface area contributed by atoms with Crippen LogP contribution in [0.5, 0.6) is 11.5 Å². The maximum absolute atomic E-state index is 14.9. The zero-order valence-corrected chi connectivity index (χ0v) is 22.7. The topological polar surface area (TPSA) is 101 Å². The summed E-state index contributed by atoms with van der Waals surface area (Å²) in [7, 11) is 0. The van der Waals surface area contributed by atoms with Gasteiger partial charge in [-0.15, -0.1) is 13.2 Å². The number of alkyl halides is 3. The normalized spacial score (nSPS) is 15.6. The Labute approximate surface area is 240 Å². The Kier molecular flexibility index (Phi) is 7.54. The van der Waals surface area contributed by atoms with Gasteiger partial charge in [0.2, 0.25) is 5.91 Å². The third-order valence-corrected chi connectivity index (χ3v) is 7.04. The van der Waals surface area contributed by atoms with Gasteiger partial charge in [-0.25, -0.2) is 18.7 Å². The fraction of sp³-hybridized carbons (Fsp3) is 0.214. The third-order valence-electron chi connectivity index (χ3n) is 6.75. The predicted molar refractivity (Wildman–Crippen MR) is 147 cm³/mol. The number of hydrogen-bond acceptors (Lipinski definition) is 7. The second-order valence-electron chi connectivity index (χ2n) is 9.42. The number of piperazine rings is 1. The molecule has 1 atom stereocenters. The molecule has 2 aromatic heterocycles. The lowest BCUT2D eigenvalue weighted by Crippen LogP contribution is -2.54. The average Bonchev–Trinajstić information content (AvgIpc) is 2.92. The molecule has 218 valence electrons. The lowest BCUT2D eigenvalue weighted by molar-refractivity contribution is -0.274. The van der Waals surface area contributed by atoms with Crippen LogP contribution in [0.1, 0.15) is 6.92 Å². The van der Waals surface area contributed by atoms with E-state index in [0.717, 1.165) is 16.7 Å². The first-order valence-electron chi connectivity index (χ1n) is 12.5. The van der Waals surface area contributed by atoms with Crippen molar-refractivity contribution in [1.82, 2.24) is 19.4 Å². The number of carbonyl (C=O) groups excluding carboxylic acids is 1. The average molecular weight is 604 g/mol. The highest BCUT2D eigenvalue weighted by molar-refractivity contribution is 6.34. The van der Waals surface area contributed by atoms with Crippen molar-refractivity contribution in [3.05, 3.63) is 82.5 Å². The minimum atomic E-state index is -5.08. The van der Waals surface area contributed by atoms with E-state index in [-0.39, 0.29) is 70.4 Å². The Balaban J connectivity index is 1.80. The molecule has 0 spiro atoms. The number of aromatic nitrogens is 3. The van der Waals surface area contributed by atoms with Crippen LogP contribution < -0.4 is 15.3 Å². The van der Waals surface area contributed by atoms with Gasteiger partial charge in [-0.2, -0.15) is 4.98 Å². The number of carbonyl (C=O) groups is 1. The van der Waals surface area contributed by atoms with E-state index in [2.05, 4.69) is 21.3 Å². The van der Waals surface area contributed by atoms with Crippen molar-refractivity contribution in [2.75, 3.05) is 24.5 Å². The van der Waals surface area contributed by atoms with Crippen molar-refractivity contribution in [2.24, 2.45) is 0 Å². The summed E-state index contributed by atoms with van der Waals surface area (Å²) in [4.78, 5) is 37.8. The number of rotatable bonds is 5. The number of ether oxygens (including phenoxy) is 1. The Morgan fingerprint density at radius 1 is 1.17 bits per heavy atom. The predicted octanol–water partition coefficient (Wildman–Crippen LogP) is 5.07. The maximum atomic E-state index is 14.9. The quantitative estimate of drug-likeness (QED) is 0.251. The van der Waals surface area contributed by atoms with Gasteiger partial charge in [0.05, 0.1) is 27.4 Å². The molecule has 1 N–H and O–H groups in total. The van der Waals surface area contributed by atoms with Crippen molar-refractivity contribution >= 4 is 34.4 Å². The molecule has 1 fully saturated rings. The molecule has 4 aromatic rings. The Hall–Kier alpha value is -4.65. The van der Waals surface area contributed by atoms with Crippen molar-refractivity contribution < 1.29 is 32.2 Å². The van der Waals surface area contributed by atoms with Gasteiger partial charge >= 0.3 is 12.1 Å². The standard InChI is InChI=1S/C28H22ClF4N5O4/c1-3-22(40)36-11-12-37(15(2)14-36)25-16-13-17(29)24(23-18(30)7-6-9-20(23)39)34-26(16)38(27(41)35-25)19-8-4-5-10-21(19)42-28(31,32)33/h3-10,13,15,39H,1,11-12,14H2,2H3/t15-/m0/s1. The van der Waals surface area contributed by atoms with Crippen LogP contribution in [-0.4, -0.2) is 62.5 Å². The fourth-order valence-electron chi connectivity index (χ4n) is 4.92. The highest BCUT2D eigenvalue weighted by Gasteiger charge is 2.34. The number of anilines is 1. The van der Waals surface area contributed by atoms with Crippen molar-refractivity contribution in [3.63, 3.8) is 0 Å². The van der Waals surface area contributed by atoms with E-state index in [9.17, 15) is 32.3 Å². The molecule has 9 nitrogen and oxygen atoms in total. The van der Waals surface area contributed by atoms with E-state index in [1.54, 1.807) is 16.7 Å².